The molecule has 1 aromatic rings. The fourth-order valence-electron chi connectivity index (χ4n) is 4.55. The first-order valence-electron chi connectivity index (χ1n) is 10.1. The average Bonchev–Trinajstić information content (AvgIpc) is 3.38. The summed E-state index contributed by atoms with van der Waals surface area (Å²) >= 11 is 0. The molecule has 2 heterocycles. The van der Waals surface area contributed by atoms with Crippen LogP contribution in [0.4, 0.5) is 0 Å². The lowest BCUT2D eigenvalue weighted by Gasteiger charge is -2.37. The summed E-state index contributed by atoms with van der Waals surface area (Å²) in [4.78, 5) is 17.1. The van der Waals surface area contributed by atoms with Crippen LogP contribution in [0.1, 0.15) is 37.3 Å². The third kappa shape index (κ3) is 3.65. The Morgan fingerprint density at radius 3 is 2.30 bits per heavy atom. The van der Waals surface area contributed by atoms with E-state index >= 15 is 0 Å². The maximum atomic E-state index is 13.0. The highest BCUT2D eigenvalue weighted by atomic mass is 32.2. The second kappa shape index (κ2) is 7.53. The Bertz CT molecular complexity index is 810. The molecule has 1 aliphatic carbocycles. The van der Waals surface area contributed by atoms with Crippen LogP contribution in [0.5, 0.6) is 0 Å². The van der Waals surface area contributed by atoms with Crippen molar-refractivity contribution in [3.05, 3.63) is 29.3 Å². The molecule has 4 rings (SSSR count). The SMILES string of the molecule is CC(C(=O)N1CCCC1)N1CCN(S(=O)(=O)c2ccc3c(c2)CCC3)CC1. The zero-order valence-electron chi connectivity index (χ0n) is 16.1. The molecule has 2 aliphatic heterocycles. The van der Waals surface area contributed by atoms with E-state index < -0.39 is 10.0 Å². The van der Waals surface area contributed by atoms with Gasteiger partial charge in [0.2, 0.25) is 15.9 Å². The number of benzene rings is 1. The van der Waals surface area contributed by atoms with Crippen LogP contribution in [0.15, 0.2) is 23.1 Å². The molecule has 0 radical (unpaired) electrons. The number of piperazine rings is 1. The Morgan fingerprint density at radius 1 is 0.926 bits per heavy atom. The fraction of sp³-hybridized carbons (Fsp3) is 0.650. The molecule has 6 nitrogen and oxygen atoms in total. The molecular formula is C20H29N3O3S. The summed E-state index contributed by atoms with van der Waals surface area (Å²) in [6.45, 7) is 5.75. The van der Waals surface area contributed by atoms with Gasteiger partial charge in [0.25, 0.3) is 0 Å². The van der Waals surface area contributed by atoms with Crippen molar-refractivity contribution in [1.82, 2.24) is 14.1 Å². The molecule has 0 spiro atoms. The molecule has 2 saturated heterocycles. The zero-order valence-corrected chi connectivity index (χ0v) is 16.9. The first-order chi connectivity index (χ1) is 13.0. The number of rotatable bonds is 4. The van der Waals surface area contributed by atoms with E-state index in [9.17, 15) is 13.2 Å². The van der Waals surface area contributed by atoms with Crippen molar-refractivity contribution in [1.29, 1.82) is 0 Å². The van der Waals surface area contributed by atoms with E-state index in [1.54, 1.807) is 10.4 Å². The van der Waals surface area contributed by atoms with E-state index in [-0.39, 0.29) is 11.9 Å². The van der Waals surface area contributed by atoms with Crippen LogP contribution in [-0.2, 0) is 27.7 Å². The van der Waals surface area contributed by atoms with Gasteiger partial charge in [-0.15, -0.1) is 0 Å². The summed E-state index contributed by atoms with van der Waals surface area (Å²) in [7, 11) is -3.46. The number of nitrogens with zero attached hydrogens (tertiary/aromatic N) is 3. The van der Waals surface area contributed by atoms with Crippen LogP contribution in [-0.4, -0.2) is 73.7 Å². The van der Waals surface area contributed by atoms with Gasteiger partial charge in [-0.2, -0.15) is 4.31 Å². The Hall–Kier alpha value is -1.44. The molecule has 0 saturated carbocycles. The van der Waals surface area contributed by atoms with E-state index in [2.05, 4.69) is 4.90 Å². The molecule has 1 atom stereocenters. The first-order valence-corrected chi connectivity index (χ1v) is 11.6. The highest BCUT2D eigenvalue weighted by molar-refractivity contribution is 7.89. The first kappa shape index (κ1) is 18.9. The number of carbonyl (C=O) groups is 1. The van der Waals surface area contributed by atoms with Crippen molar-refractivity contribution in [2.24, 2.45) is 0 Å². The second-order valence-electron chi connectivity index (χ2n) is 7.93. The van der Waals surface area contributed by atoms with Gasteiger partial charge in [0.15, 0.2) is 0 Å². The quantitative estimate of drug-likeness (QED) is 0.780. The summed E-state index contributed by atoms with van der Waals surface area (Å²) in [5, 5.41) is 0. The number of amides is 1. The monoisotopic (exact) mass is 391 g/mol. The lowest BCUT2D eigenvalue weighted by atomic mass is 10.1. The maximum Gasteiger partial charge on any atom is 0.243 e. The van der Waals surface area contributed by atoms with Gasteiger partial charge in [0.05, 0.1) is 10.9 Å². The van der Waals surface area contributed by atoms with Gasteiger partial charge in [0.1, 0.15) is 0 Å². The standard InChI is InChI=1S/C20H29N3O3S/c1-16(20(24)22-9-2-3-10-22)21-11-13-23(14-12-21)27(25,26)19-8-7-17-5-4-6-18(17)15-19/h7-8,15-16H,2-6,9-14H2,1H3. The van der Waals surface area contributed by atoms with Crippen molar-refractivity contribution >= 4 is 15.9 Å². The molecule has 7 heteroatoms. The van der Waals surface area contributed by atoms with E-state index in [0.29, 0.717) is 31.1 Å². The minimum absolute atomic E-state index is 0.173. The third-order valence-corrected chi connectivity index (χ3v) is 8.20. The fourth-order valence-corrected chi connectivity index (χ4v) is 6.02. The number of fused-ring (bicyclic) bond motifs is 1. The Balaban J connectivity index is 1.40. The van der Waals surface area contributed by atoms with Crippen LogP contribution in [0.3, 0.4) is 0 Å². The molecule has 2 fully saturated rings. The smallest absolute Gasteiger partial charge is 0.243 e. The van der Waals surface area contributed by atoms with E-state index in [4.69, 9.17) is 0 Å². The van der Waals surface area contributed by atoms with Gasteiger partial charge in [-0.05, 0) is 62.3 Å². The van der Waals surface area contributed by atoms with Crippen molar-refractivity contribution < 1.29 is 13.2 Å². The number of likely N-dealkylation sites (tertiary alicyclic amines) is 1. The summed E-state index contributed by atoms with van der Waals surface area (Å²) in [5.74, 6) is 0.183. The summed E-state index contributed by atoms with van der Waals surface area (Å²) in [6, 6.07) is 5.42. The Labute approximate surface area is 162 Å². The van der Waals surface area contributed by atoms with Crippen molar-refractivity contribution in [2.45, 2.75) is 50.0 Å². The predicted molar refractivity (Wildman–Crippen MR) is 104 cm³/mol. The number of sulfonamides is 1. The number of aryl methyl sites for hydroxylation is 2. The largest absolute Gasteiger partial charge is 0.341 e. The highest BCUT2D eigenvalue weighted by Gasteiger charge is 2.34. The average molecular weight is 392 g/mol. The van der Waals surface area contributed by atoms with E-state index in [0.717, 1.165) is 45.2 Å². The normalized spacial score (nSPS) is 22.8. The summed E-state index contributed by atoms with van der Waals surface area (Å²) < 4.78 is 27.7. The number of hydrogen-bond acceptors (Lipinski definition) is 4. The number of carbonyl (C=O) groups excluding carboxylic acids is 1. The van der Waals surface area contributed by atoms with Crippen LogP contribution in [0.25, 0.3) is 0 Å². The van der Waals surface area contributed by atoms with Gasteiger partial charge in [-0.1, -0.05) is 6.07 Å². The van der Waals surface area contributed by atoms with Crippen molar-refractivity contribution in [3.63, 3.8) is 0 Å². The molecule has 1 amide bonds. The minimum atomic E-state index is -3.46. The van der Waals surface area contributed by atoms with Gasteiger partial charge < -0.3 is 4.90 Å². The van der Waals surface area contributed by atoms with Crippen LogP contribution in [0.2, 0.25) is 0 Å². The summed E-state index contributed by atoms with van der Waals surface area (Å²) in [5.41, 5.74) is 2.47. The predicted octanol–water partition coefficient (Wildman–Crippen LogP) is 1.49. The summed E-state index contributed by atoms with van der Waals surface area (Å²) in [6.07, 6.45) is 5.32. The molecule has 1 aromatic carbocycles. The van der Waals surface area contributed by atoms with Gasteiger partial charge in [0, 0.05) is 39.3 Å². The topological polar surface area (TPSA) is 60.9 Å². The molecule has 3 aliphatic rings. The van der Waals surface area contributed by atoms with Crippen LogP contribution < -0.4 is 0 Å². The lowest BCUT2D eigenvalue weighted by Crippen LogP contribution is -2.55. The molecule has 0 N–H and O–H groups in total. The minimum Gasteiger partial charge on any atom is -0.341 e. The molecule has 148 valence electrons. The second-order valence-corrected chi connectivity index (χ2v) is 9.87. The number of hydrogen-bond donors (Lipinski definition) is 0. The molecule has 0 aromatic heterocycles. The Morgan fingerprint density at radius 2 is 1.59 bits per heavy atom. The van der Waals surface area contributed by atoms with E-state index in [1.165, 1.54) is 11.1 Å². The van der Waals surface area contributed by atoms with Crippen molar-refractivity contribution in [2.75, 3.05) is 39.3 Å². The molecule has 1 unspecified atom stereocenters. The Kier molecular flexibility index (Phi) is 5.27. The van der Waals surface area contributed by atoms with Crippen LogP contribution in [0, 0.1) is 0 Å². The van der Waals surface area contributed by atoms with Gasteiger partial charge in [-0.3, -0.25) is 9.69 Å². The molecular weight excluding hydrogens is 362 g/mol. The highest BCUT2D eigenvalue weighted by Crippen LogP contribution is 2.27. The lowest BCUT2D eigenvalue weighted by molar-refractivity contribution is -0.135. The van der Waals surface area contributed by atoms with E-state index in [1.807, 2.05) is 24.0 Å². The zero-order chi connectivity index (χ0) is 19.0. The third-order valence-electron chi connectivity index (χ3n) is 6.30. The maximum absolute atomic E-state index is 13.0. The molecule has 27 heavy (non-hydrogen) atoms. The van der Waals surface area contributed by atoms with Crippen LogP contribution >= 0.6 is 0 Å². The van der Waals surface area contributed by atoms with Crippen molar-refractivity contribution in [3.8, 4) is 0 Å². The molecule has 0 bridgehead atoms. The van der Waals surface area contributed by atoms with Gasteiger partial charge in [-0.25, -0.2) is 8.42 Å². The van der Waals surface area contributed by atoms with Gasteiger partial charge >= 0.3 is 0 Å².